The topological polar surface area (TPSA) is 50.4 Å². The maximum atomic E-state index is 12.1. The highest BCUT2D eigenvalue weighted by molar-refractivity contribution is 7.80. The molecule has 0 saturated carbocycles. The van der Waals surface area contributed by atoms with E-state index in [9.17, 15) is 4.79 Å². The summed E-state index contributed by atoms with van der Waals surface area (Å²) >= 11 is 11.4. The highest BCUT2D eigenvalue weighted by Gasteiger charge is 2.12. The van der Waals surface area contributed by atoms with Crippen molar-refractivity contribution < 1.29 is 9.53 Å². The van der Waals surface area contributed by atoms with Crippen LogP contribution in [0.5, 0.6) is 5.75 Å². The predicted molar refractivity (Wildman–Crippen MR) is 116 cm³/mol. The van der Waals surface area contributed by atoms with Crippen LogP contribution in [0.25, 0.3) is 0 Å². The van der Waals surface area contributed by atoms with Crippen molar-refractivity contribution in [1.82, 2.24) is 5.32 Å². The first-order valence-corrected chi connectivity index (χ1v) is 9.69. The Hall–Kier alpha value is -2.11. The molecule has 1 atom stereocenters. The largest absolute Gasteiger partial charge is 0.484 e. The minimum atomic E-state index is -0.321. The number of ether oxygens (including phenoxy) is 1. The Morgan fingerprint density at radius 1 is 1.22 bits per heavy atom. The zero-order valence-corrected chi connectivity index (χ0v) is 17.6. The van der Waals surface area contributed by atoms with Gasteiger partial charge in [0.15, 0.2) is 11.7 Å². The van der Waals surface area contributed by atoms with Gasteiger partial charge in [-0.25, -0.2) is 0 Å². The lowest BCUT2D eigenvalue weighted by atomic mass is 9.97. The number of thiocarbonyl (C=S) groups is 1. The summed E-state index contributed by atoms with van der Waals surface area (Å²) in [6, 6.07) is 11.6. The first-order valence-electron chi connectivity index (χ1n) is 8.91. The number of amides is 1. The highest BCUT2D eigenvalue weighted by Crippen LogP contribution is 2.27. The molecule has 2 aromatic rings. The first-order chi connectivity index (χ1) is 12.8. The van der Waals surface area contributed by atoms with E-state index < -0.39 is 0 Å². The third kappa shape index (κ3) is 5.94. The average molecular weight is 405 g/mol. The summed E-state index contributed by atoms with van der Waals surface area (Å²) in [5.74, 6) is 0.677. The molecule has 144 valence electrons. The lowest BCUT2D eigenvalue weighted by Crippen LogP contribution is -2.37. The van der Waals surface area contributed by atoms with E-state index >= 15 is 0 Å². The van der Waals surface area contributed by atoms with Gasteiger partial charge in [0.25, 0.3) is 5.91 Å². The van der Waals surface area contributed by atoms with Crippen LogP contribution in [0.2, 0.25) is 5.02 Å². The van der Waals surface area contributed by atoms with Gasteiger partial charge in [-0.15, -0.1) is 0 Å². The summed E-state index contributed by atoms with van der Waals surface area (Å²) in [6.07, 6.45) is 1.02. The fourth-order valence-electron chi connectivity index (χ4n) is 2.72. The number of halogens is 1. The van der Waals surface area contributed by atoms with Gasteiger partial charge in [0.1, 0.15) is 5.75 Å². The van der Waals surface area contributed by atoms with Crippen LogP contribution in [0.1, 0.15) is 42.9 Å². The molecule has 27 heavy (non-hydrogen) atoms. The Kier molecular flexibility index (Phi) is 7.63. The van der Waals surface area contributed by atoms with Crippen LogP contribution < -0.4 is 15.4 Å². The molecule has 0 aliphatic heterocycles. The van der Waals surface area contributed by atoms with E-state index in [2.05, 4.69) is 30.5 Å². The van der Waals surface area contributed by atoms with Crippen molar-refractivity contribution in [2.45, 2.75) is 40.0 Å². The number of aryl methyl sites for hydroxylation is 2. The Labute approximate surface area is 171 Å². The van der Waals surface area contributed by atoms with Crippen LogP contribution in [0, 0.1) is 13.8 Å². The second-order valence-electron chi connectivity index (χ2n) is 6.56. The van der Waals surface area contributed by atoms with E-state index in [-0.39, 0.29) is 17.6 Å². The van der Waals surface area contributed by atoms with Gasteiger partial charge in [-0.3, -0.25) is 10.1 Å². The minimum Gasteiger partial charge on any atom is -0.484 e. The first kappa shape index (κ1) is 21.2. The zero-order valence-electron chi connectivity index (χ0n) is 16.1. The summed E-state index contributed by atoms with van der Waals surface area (Å²) in [5.41, 5.74) is 3.89. The average Bonchev–Trinajstić information content (AvgIpc) is 2.64. The van der Waals surface area contributed by atoms with E-state index in [0.717, 1.165) is 23.2 Å². The highest BCUT2D eigenvalue weighted by atomic mass is 35.5. The van der Waals surface area contributed by atoms with Crippen LogP contribution >= 0.6 is 23.8 Å². The fourth-order valence-corrected chi connectivity index (χ4v) is 3.05. The quantitative estimate of drug-likeness (QED) is 0.636. The molecule has 1 unspecified atom stereocenters. The number of carbonyl (C=O) groups excluding carboxylic acids is 1. The van der Waals surface area contributed by atoms with Crippen LogP contribution in [0.15, 0.2) is 36.4 Å². The molecule has 4 nitrogen and oxygen atoms in total. The Balaban J connectivity index is 1.92. The van der Waals surface area contributed by atoms with Gasteiger partial charge >= 0.3 is 0 Å². The molecule has 0 aliphatic carbocycles. The monoisotopic (exact) mass is 404 g/mol. The van der Waals surface area contributed by atoms with Gasteiger partial charge < -0.3 is 10.1 Å². The molecule has 6 heteroatoms. The number of nitrogens with one attached hydrogen (secondary N) is 2. The number of rotatable bonds is 6. The van der Waals surface area contributed by atoms with Crippen molar-refractivity contribution in [2.24, 2.45) is 0 Å². The van der Waals surface area contributed by atoms with Crippen molar-refractivity contribution in [1.29, 1.82) is 0 Å². The number of para-hydroxylation sites is 1. The number of hydrogen-bond acceptors (Lipinski definition) is 3. The fraction of sp³-hybridized carbons (Fsp3) is 0.333. The standard InChI is InChI=1S/C21H25ClN2O2S/c1-5-13(2)17-8-6-7-9-18(17)23-21(27)24-19(25)12-26-16-10-14(3)20(22)15(4)11-16/h6-11,13H,5,12H2,1-4H3,(H2,23,24,25,27). The SMILES string of the molecule is CCC(C)c1ccccc1NC(=S)NC(=O)COc1cc(C)c(Cl)c(C)c1. The van der Waals surface area contributed by atoms with Crippen molar-refractivity contribution in [3.05, 3.63) is 58.1 Å². The molecular formula is C21H25ClN2O2S. The van der Waals surface area contributed by atoms with Gasteiger partial charge in [0.05, 0.1) is 0 Å². The van der Waals surface area contributed by atoms with Crippen molar-refractivity contribution in [3.63, 3.8) is 0 Å². The Morgan fingerprint density at radius 2 is 1.85 bits per heavy atom. The maximum absolute atomic E-state index is 12.1. The van der Waals surface area contributed by atoms with Gasteiger partial charge in [-0.1, -0.05) is 43.6 Å². The van der Waals surface area contributed by atoms with Gasteiger partial charge in [0, 0.05) is 10.7 Å². The number of carbonyl (C=O) groups is 1. The summed E-state index contributed by atoms with van der Waals surface area (Å²) in [4.78, 5) is 12.1. The molecule has 0 aliphatic rings. The van der Waals surface area contributed by atoms with Gasteiger partial charge in [0.2, 0.25) is 0 Å². The number of anilines is 1. The third-order valence-electron chi connectivity index (χ3n) is 4.39. The van der Waals surface area contributed by atoms with Gasteiger partial charge in [-0.05, 0) is 73.3 Å². The van der Waals surface area contributed by atoms with Gasteiger partial charge in [-0.2, -0.15) is 0 Å². The molecule has 0 fully saturated rings. The molecule has 0 aromatic heterocycles. The predicted octanol–water partition coefficient (Wildman–Crippen LogP) is 5.36. The third-order valence-corrected chi connectivity index (χ3v) is 5.19. The van der Waals surface area contributed by atoms with Crippen LogP contribution in [0.3, 0.4) is 0 Å². The molecular weight excluding hydrogens is 380 g/mol. The summed E-state index contributed by atoms with van der Waals surface area (Å²) in [5, 5.41) is 6.72. The smallest absolute Gasteiger partial charge is 0.264 e. The zero-order chi connectivity index (χ0) is 20.0. The molecule has 0 saturated heterocycles. The molecule has 2 N–H and O–H groups in total. The summed E-state index contributed by atoms with van der Waals surface area (Å²) < 4.78 is 5.56. The second kappa shape index (κ2) is 9.72. The molecule has 0 spiro atoms. The Morgan fingerprint density at radius 3 is 2.48 bits per heavy atom. The molecule has 0 bridgehead atoms. The molecule has 2 rings (SSSR count). The van der Waals surface area contributed by atoms with E-state index in [1.54, 1.807) is 0 Å². The number of benzene rings is 2. The lowest BCUT2D eigenvalue weighted by Gasteiger charge is -2.17. The Bertz CT molecular complexity index is 816. The molecule has 2 aromatic carbocycles. The molecule has 0 radical (unpaired) electrons. The maximum Gasteiger partial charge on any atom is 0.264 e. The van der Waals surface area contributed by atoms with Crippen molar-refractivity contribution in [3.8, 4) is 5.75 Å². The van der Waals surface area contributed by atoms with Crippen molar-refractivity contribution >= 4 is 40.5 Å². The molecule has 0 heterocycles. The summed E-state index contributed by atoms with van der Waals surface area (Å²) in [7, 11) is 0. The van der Waals surface area contributed by atoms with Crippen molar-refractivity contribution in [2.75, 3.05) is 11.9 Å². The van der Waals surface area contributed by atoms with Crippen LogP contribution in [0.4, 0.5) is 5.69 Å². The van der Waals surface area contributed by atoms with E-state index in [1.807, 2.05) is 44.2 Å². The lowest BCUT2D eigenvalue weighted by molar-refractivity contribution is -0.121. The van der Waals surface area contributed by atoms with E-state index in [0.29, 0.717) is 16.7 Å². The van der Waals surface area contributed by atoms with Crippen LogP contribution in [-0.2, 0) is 4.79 Å². The minimum absolute atomic E-state index is 0.130. The molecule has 1 amide bonds. The van der Waals surface area contributed by atoms with Crippen LogP contribution in [-0.4, -0.2) is 17.6 Å². The second-order valence-corrected chi connectivity index (χ2v) is 7.34. The normalized spacial score (nSPS) is 11.6. The summed E-state index contributed by atoms with van der Waals surface area (Å²) in [6.45, 7) is 7.96. The van der Waals surface area contributed by atoms with E-state index in [1.165, 1.54) is 5.56 Å². The number of hydrogen-bond donors (Lipinski definition) is 2. The van der Waals surface area contributed by atoms with E-state index in [4.69, 9.17) is 28.6 Å².